The number of amides is 4. The fourth-order valence-corrected chi connectivity index (χ4v) is 6.36. The molecule has 10 nitrogen and oxygen atoms in total. The molecule has 1 saturated heterocycles. The quantitative estimate of drug-likeness (QED) is 0.192. The first kappa shape index (κ1) is 32.8. The van der Waals surface area contributed by atoms with E-state index in [4.69, 9.17) is 0 Å². The van der Waals surface area contributed by atoms with Crippen LogP contribution in [0.1, 0.15) is 73.8 Å². The maximum Gasteiger partial charge on any atom is 0.289 e. The molecule has 5 rings (SSSR count). The van der Waals surface area contributed by atoms with Gasteiger partial charge in [-0.05, 0) is 55.4 Å². The van der Waals surface area contributed by atoms with Crippen LogP contribution in [0, 0.1) is 23.5 Å². The van der Waals surface area contributed by atoms with Gasteiger partial charge < -0.3 is 26.3 Å². The van der Waals surface area contributed by atoms with Crippen molar-refractivity contribution < 1.29 is 32.8 Å². The fourth-order valence-electron chi connectivity index (χ4n) is 6.36. The number of carbonyl (C=O) groups is 5. The molecule has 5 N–H and O–H groups in total. The third-order valence-corrected chi connectivity index (χ3v) is 8.92. The zero-order valence-electron chi connectivity index (χ0n) is 25.5. The number of ketones is 1. The molecule has 1 aromatic heterocycles. The van der Waals surface area contributed by atoms with Gasteiger partial charge in [-0.3, -0.25) is 24.0 Å². The largest absolute Gasteiger partial charge is 0.356 e. The lowest BCUT2D eigenvalue weighted by atomic mass is 9.84. The number of hydrogen-bond acceptors (Lipinski definition) is 5. The van der Waals surface area contributed by atoms with Gasteiger partial charge in [0.2, 0.25) is 17.6 Å². The van der Waals surface area contributed by atoms with Gasteiger partial charge in [-0.1, -0.05) is 62.4 Å². The van der Waals surface area contributed by atoms with Crippen LogP contribution in [0.5, 0.6) is 0 Å². The van der Waals surface area contributed by atoms with Gasteiger partial charge in [-0.25, -0.2) is 8.78 Å². The van der Waals surface area contributed by atoms with E-state index in [9.17, 15) is 32.8 Å². The van der Waals surface area contributed by atoms with Gasteiger partial charge in [0.15, 0.2) is 11.6 Å². The summed E-state index contributed by atoms with van der Waals surface area (Å²) in [6, 6.07) is 10.1. The van der Waals surface area contributed by atoms with Crippen LogP contribution in [0.3, 0.4) is 0 Å². The second kappa shape index (κ2) is 15.1. The smallest absolute Gasteiger partial charge is 0.289 e. The van der Waals surface area contributed by atoms with Crippen LogP contribution in [0.15, 0.2) is 48.5 Å². The fraction of sp³-hybridized carbons (Fsp3) is 0.441. The number of nitrogens with one attached hydrogen (secondary N) is 5. The van der Waals surface area contributed by atoms with Crippen molar-refractivity contribution in [1.82, 2.24) is 26.3 Å². The average Bonchev–Trinajstić information content (AvgIpc) is 3.52. The predicted molar refractivity (Wildman–Crippen MR) is 166 cm³/mol. The molecule has 4 amide bonds. The summed E-state index contributed by atoms with van der Waals surface area (Å²) in [6.07, 6.45) is 6.18. The van der Waals surface area contributed by atoms with E-state index in [1.807, 2.05) is 6.07 Å². The number of aromatic amines is 1. The molecule has 2 fully saturated rings. The highest BCUT2D eigenvalue weighted by Gasteiger charge is 2.35. The lowest BCUT2D eigenvalue weighted by Crippen LogP contribution is -2.55. The molecule has 0 radical (unpaired) electrons. The minimum Gasteiger partial charge on any atom is -0.356 e. The maximum atomic E-state index is 14.3. The molecule has 2 heterocycles. The monoisotopic (exact) mass is 635 g/mol. The Morgan fingerprint density at radius 1 is 0.870 bits per heavy atom. The molecule has 2 aromatic carbocycles. The van der Waals surface area contributed by atoms with Gasteiger partial charge in [0, 0.05) is 29.9 Å². The highest BCUT2D eigenvalue weighted by Crippen LogP contribution is 2.28. The van der Waals surface area contributed by atoms with Crippen LogP contribution in [0.25, 0.3) is 10.9 Å². The number of rotatable bonds is 12. The molecule has 244 valence electrons. The standard InChI is InChI=1S/C34H39F2N5O5/c35-24-13-14-25-23(29(24)36)18-28(39-25)33(45)41-27(16-20-8-3-1-4-9-20)32(44)40-26(17-22-12-7-15-37-31(22)43)30(42)34(46)38-19-21-10-5-2-6-11-21/h2,5-6,10-11,13-14,18,20,22,26-27,39H,1,3-4,7-9,12,15-17,19H2,(H,37,43)(H,38,46)(H,40,44)(H,41,45)/t22-,26-,27-/m0/s1. The average molecular weight is 636 g/mol. The summed E-state index contributed by atoms with van der Waals surface area (Å²) in [5.41, 5.74) is 0.939. The van der Waals surface area contributed by atoms with Crippen molar-refractivity contribution in [3.05, 3.63) is 71.4 Å². The van der Waals surface area contributed by atoms with E-state index in [-0.39, 0.29) is 47.8 Å². The van der Waals surface area contributed by atoms with Gasteiger partial charge in [-0.15, -0.1) is 0 Å². The second-order valence-corrected chi connectivity index (χ2v) is 12.2. The van der Waals surface area contributed by atoms with E-state index >= 15 is 0 Å². The van der Waals surface area contributed by atoms with Crippen LogP contribution >= 0.6 is 0 Å². The van der Waals surface area contributed by atoms with Crippen LogP contribution in [0.4, 0.5) is 8.78 Å². The summed E-state index contributed by atoms with van der Waals surface area (Å²) in [6.45, 7) is 0.614. The first-order valence-corrected chi connectivity index (χ1v) is 15.9. The third kappa shape index (κ3) is 8.15. The molecule has 0 spiro atoms. The van der Waals surface area contributed by atoms with Gasteiger partial charge in [-0.2, -0.15) is 0 Å². The van der Waals surface area contributed by atoms with Gasteiger partial charge >= 0.3 is 0 Å². The van der Waals surface area contributed by atoms with Gasteiger partial charge in [0.25, 0.3) is 11.8 Å². The first-order valence-electron chi connectivity index (χ1n) is 15.9. The van der Waals surface area contributed by atoms with E-state index in [0.717, 1.165) is 43.7 Å². The highest BCUT2D eigenvalue weighted by molar-refractivity contribution is 6.38. The SMILES string of the molecule is O=C(NCc1ccccc1)C(=O)[C@H](C[C@@H]1CCCNC1=O)NC(=O)[C@H](CC1CCCCC1)NC(=O)c1cc2c(F)c(F)ccc2[nH]1. The molecule has 3 aromatic rings. The summed E-state index contributed by atoms with van der Waals surface area (Å²) in [4.78, 5) is 69.1. The number of fused-ring (bicyclic) bond motifs is 1. The Labute approximate surface area is 265 Å². The molecule has 12 heteroatoms. The summed E-state index contributed by atoms with van der Waals surface area (Å²) >= 11 is 0. The number of aromatic nitrogens is 1. The minimum absolute atomic E-state index is 0.0623. The zero-order chi connectivity index (χ0) is 32.6. The number of halogens is 2. The van der Waals surface area contributed by atoms with Crippen LogP contribution in [-0.2, 0) is 25.7 Å². The van der Waals surface area contributed by atoms with Crippen molar-refractivity contribution >= 4 is 40.3 Å². The molecule has 3 atom stereocenters. The predicted octanol–water partition coefficient (Wildman–Crippen LogP) is 3.80. The Morgan fingerprint density at radius 2 is 1.63 bits per heavy atom. The minimum atomic E-state index is -1.31. The highest BCUT2D eigenvalue weighted by atomic mass is 19.2. The van der Waals surface area contributed by atoms with E-state index in [0.29, 0.717) is 19.4 Å². The summed E-state index contributed by atoms with van der Waals surface area (Å²) in [5, 5.41) is 10.7. The van der Waals surface area contributed by atoms with Gasteiger partial charge in [0.05, 0.1) is 6.04 Å². The van der Waals surface area contributed by atoms with E-state index in [1.54, 1.807) is 24.3 Å². The molecule has 46 heavy (non-hydrogen) atoms. The van der Waals surface area contributed by atoms with Crippen molar-refractivity contribution in [2.24, 2.45) is 11.8 Å². The first-order chi connectivity index (χ1) is 22.2. The van der Waals surface area contributed by atoms with Crippen molar-refractivity contribution in [3.63, 3.8) is 0 Å². The topological polar surface area (TPSA) is 149 Å². The molecule has 0 bridgehead atoms. The Balaban J connectivity index is 1.35. The number of carbonyl (C=O) groups excluding carboxylic acids is 5. The maximum absolute atomic E-state index is 14.3. The Bertz CT molecular complexity index is 1590. The summed E-state index contributed by atoms with van der Waals surface area (Å²) < 4.78 is 28.1. The number of hydrogen-bond donors (Lipinski definition) is 5. The second-order valence-electron chi connectivity index (χ2n) is 12.2. The van der Waals surface area contributed by atoms with Crippen LogP contribution in [-0.4, -0.2) is 53.0 Å². The van der Waals surface area contributed by atoms with Crippen LogP contribution < -0.4 is 21.3 Å². The van der Waals surface area contributed by atoms with Crippen molar-refractivity contribution in [2.45, 2.75) is 76.4 Å². The Kier molecular flexibility index (Phi) is 10.8. The zero-order valence-corrected chi connectivity index (χ0v) is 25.5. The lowest BCUT2D eigenvalue weighted by molar-refractivity contribution is -0.141. The molecule has 0 unspecified atom stereocenters. The van der Waals surface area contributed by atoms with E-state index < -0.39 is 53.1 Å². The normalized spacial score (nSPS) is 18.3. The number of benzene rings is 2. The van der Waals surface area contributed by atoms with E-state index in [1.165, 1.54) is 12.1 Å². The van der Waals surface area contributed by atoms with Gasteiger partial charge in [0.1, 0.15) is 11.7 Å². The number of piperidine rings is 1. The Morgan fingerprint density at radius 3 is 2.37 bits per heavy atom. The molecular formula is C34H39F2N5O5. The molecule has 1 aliphatic heterocycles. The van der Waals surface area contributed by atoms with Crippen molar-refractivity contribution in [1.29, 1.82) is 0 Å². The summed E-state index contributed by atoms with van der Waals surface area (Å²) in [7, 11) is 0. The van der Waals surface area contributed by atoms with Crippen LogP contribution in [0.2, 0.25) is 0 Å². The molecular weight excluding hydrogens is 596 g/mol. The molecule has 1 saturated carbocycles. The Hall–Kier alpha value is -4.61. The number of Topliss-reactive ketones (excluding diaryl/α,β-unsaturated/α-hetero) is 1. The van der Waals surface area contributed by atoms with Crippen molar-refractivity contribution in [3.8, 4) is 0 Å². The number of H-pyrrole nitrogens is 1. The van der Waals surface area contributed by atoms with E-state index in [2.05, 4.69) is 26.3 Å². The molecule has 2 aliphatic rings. The lowest BCUT2D eigenvalue weighted by Gasteiger charge is -2.29. The summed E-state index contributed by atoms with van der Waals surface area (Å²) in [5.74, 6) is -6.02. The molecule has 1 aliphatic carbocycles. The van der Waals surface area contributed by atoms with Crippen molar-refractivity contribution in [2.75, 3.05) is 6.54 Å². The third-order valence-electron chi connectivity index (χ3n) is 8.92.